The van der Waals surface area contributed by atoms with Crippen LogP contribution in [0.5, 0.6) is 5.75 Å². The lowest BCUT2D eigenvalue weighted by atomic mass is 10.1. The Balaban J connectivity index is 1.55. The molecule has 5 nitrogen and oxygen atoms in total. The van der Waals surface area contributed by atoms with Gasteiger partial charge in [0.2, 0.25) is 0 Å². The highest BCUT2D eigenvalue weighted by Crippen LogP contribution is 2.17. The Bertz CT molecular complexity index is 911. The molecule has 1 aromatic heterocycles. The molecule has 3 rings (SSSR count). The Kier molecular flexibility index (Phi) is 6.46. The maximum atomic E-state index is 12.5. The molecule has 0 atom stereocenters. The molecule has 0 saturated heterocycles. The van der Waals surface area contributed by atoms with Crippen LogP contribution in [0.4, 0.5) is 5.69 Å². The summed E-state index contributed by atoms with van der Waals surface area (Å²) in [6.07, 6.45) is 0. The summed E-state index contributed by atoms with van der Waals surface area (Å²) in [6.45, 7) is 0.644. The number of hydrogen-bond acceptors (Lipinski definition) is 4. The number of thiophene rings is 1. The number of anilines is 1. The molecular weight excluding hydrogens is 384 g/mol. The third-order valence-electron chi connectivity index (χ3n) is 3.67. The molecule has 2 N–H and O–H groups in total. The lowest BCUT2D eigenvalue weighted by molar-refractivity contribution is 0.0948. The Morgan fingerprint density at radius 2 is 1.78 bits per heavy atom. The number of hydrogen-bond donors (Lipinski definition) is 2. The topological polar surface area (TPSA) is 67.4 Å². The SMILES string of the molecule is O=C(Nc1ccccc1C(=O)NCCOc1ccc(Cl)cc1)c1ccsc1. The van der Waals surface area contributed by atoms with Crippen LogP contribution in [0.15, 0.2) is 65.4 Å². The molecule has 0 unspecified atom stereocenters. The maximum Gasteiger partial charge on any atom is 0.256 e. The van der Waals surface area contributed by atoms with Crippen LogP contribution in [0, 0.1) is 0 Å². The fourth-order valence-electron chi connectivity index (χ4n) is 2.34. The highest BCUT2D eigenvalue weighted by Gasteiger charge is 2.14. The third-order valence-corrected chi connectivity index (χ3v) is 4.61. The van der Waals surface area contributed by atoms with E-state index in [2.05, 4.69) is 10.6 Å². The number of amides is 2. The fraction of sp³-hybridized carbons (Fsp3) is 0.100. The van der Waals surface area contributed by atoms with E-state index in [9.17, 15) is 9.59 Å². The van der Waals surface area contributed by atoms with Gasteiger partial charge in [0.25, 0.3) is 11.8 Å². The first-order chi connectivity index (χ1) is 13.1. The molecule has 0 spiro atoms. The molecule has 1 heterocycles. The predicted octanol–water partition coefficient (Wildman–Crippen LogP) is 4.46. The second-order valence-corrected chi connectivity index (χ2v) is 6.79. The van der Waals surface area contributed by atoms with Crippen LogP contribution >= 0.6 is 22.9 Å². The molecule has 0 fully saturated rings. The predicted molar refractivity (Wildman–Crippen MR) is 108 cm³/mol. The quantitative estimate of drug-likeness (QED) is 0.575. The van der Waals surface area contributed by atoms with Crippen LogP contribution in [0.1, 0.15) is 20.7 Å². The van der Waals surface area contributed by atoms with Crippen molar-refractivity contribution >= 4 is 40.4 Å². The Labute approximate surface area is 165 Å². The third kappa shape index (κ3) is 5.32. The van der Waals surface area contributed by atoms with Gasteiger partial charge in [-0.25, -0.2) is 0 Å². The Morgan fingerprint density at radius 1 is 1.00 bits per heavy atom. The fourth-order valence-corrected chi connectivity index (χ4v) is 3.10. The summed E-state index contributed by atoms with van der Waals surface area (Å²) in [6, 6.07) is 15.6. The Morgan fingerprint density at radius 3 is 2.52 bits per heavy atom. The van der Waals surface area contributed by atoms with E-state index in [-0.39, 0.29) is 11.8 Å². The molecule has 0 radical (unpaired) electrons. The normalized spacial score (nSPS) is 10.3. The molecule has 3 aromatic rings. The van der Waals surface area contributed by atoms with Gasteiger partial charge in [-0.15, -0.1) is 0 Å². The van der Waals surface area contributed by atoms with Crippen molar-refractivity contribution in [1.82, 2.24) is 5.32 Å². The summed E-state index contributed by atoms with van der Waals surface area (Å²) in [5, 5.41) is 9.79. The molecule has 2 amide bonds. The summed E-state index contributed by atoms with van der Waals surface area (Å²) in [5.74, 6) is 0.149. The summed E-state index contributed by atoms with van der Waals surface area (Å²) >= 11 is 7.26. The maximum absolute atomic E-state index is 12.5. The van der Waals surface area contributed by atoms with Crippen LogP contribution in [-0.2, 0) is 0 Å². The van der Waals surface area contributed by atoms with E-state index in [0.29, 0.717) is 40.7 Å². The van der Waals surface area contributed by atoms with Crippen LogP contribution in [0.2, 0.25) is 5.02 Å². The van der Waals surface area contributed by atoms with Crippen LogP contribution < -0.4 is 15.4 Å². The zero-order valence-electron chi connectivity index (χ0n) is 14.3. The average Bonchev–Trinajstić information content (AvgIpc) is 3.22. The smallest absolute Gasteiger partial charge is 0.256 e. The highest BCUT2D eigenvalue weighted by molar-refractivity contribution is 7.08. The molecule has 27 heavy (non-hydrogen) atoms. The standard InChI is InChI=1S/C20H17ClN2O3S/c21-15-5-7-16(8-6-15)26-11-10-22-20(25)17-3-1-2-4-18(17)23-19(24)14-9-12-27-13-14/h1-9,12-13H,10-11H2,(H,22,25)(H,23,24). The van der Waals surface area contributed by atoms with Crippen molar-refractivity contribution in [1.29, 1.82) is 0 Å². The van der Waals surface area contributed by atoms with E-state index in [1.165, 1.54) is 11.3 Å². The van der Waals surface area contributed by atoms with Crippen LogP contribution in [-0.4, -0.2) is 25.0 Å². The minimum atomic E-state index is -0.282. The molecule has 138 valence electrons. The minimum absolute atomic E-state index is 0.248. The second-order valence-electron chi connectivity index (χ2n) is 5.57. The van der Waals surface area contributed by atoms with Crippen LogP contribution in [0.25, 0.3) is 0 Å². The summed E-state index contributed by atoms with van der Waals surface area (Å²) in [5.41, 5.74) is 1.42. The molecule has 0 aliphatic heterocycles. The average molecular weight is 401 g/mol. The lowest BCUT2D eigenvalue weighted by Crippen LogP contribution is -2.29. The van der Waals surface area contributed by atoms with Crippen molar-refractivity contribution in [2.45, 2.75) is 0 Å². The summed E-state index contributed by atoms with van der Waals surface area (Å²) < 4.78 is 5.55. The number of ether oxygens (including phenoxy) is 1. The zero-order valence-corrected chi connectivity index (χ0v) is 15.8. The number of rotatable bonds is 7. The Hall–Kier alpha value is -2.83. The van der Waals surface area contributed by atoms with E-state index in [0.717, 1.165) is 0 Å². The van der Waals surface area contributed by atoms with E-state index in [4.69, 9.17) is 16.3 Å². The lowest BCUT2D eigenvalue weighted by Gasteiger charge is -2.11. The van der Waals surface area contributed by atoms with Crippen LogP contribution in [0.3, 0.4) is 0 Å². The first-order valence-electron chi connectivity index (χ1n) is 8.22. The van der Waals surface area contributed by atoms with Gasteiger partial charge in [0.05, 0.1) is 23.4 Å². The van der Waals surface area contributed by atoms with Gasteiger partial charge in [-0.05, 0) is 47.8 Å². The van der Waals surface area contributed by atoms with Crippen molar-refractivity contribution < 1.29 is 14.3 Å². The van der Waals surface area contributed by atoms with Gasteiger partial charge >= 0.3 is 0 Å². The summed E-state index contributed by atoms with van der Waals surface area (Å²) in [4.78, 5) is 24.7. The van der Waals surface area contributed by atoms with E-state index in [1.54, 1.807) is 60.0 Å². The van der Waals surface area contributed by atoms with Gasteiger partial charge in [-0.2, -0.15) is 11.3 Å². The van der Waals surface area contributed by atoms with Gasteiger partial charge in [0, 0.05) is 10.4 Å². The van der Waals surface area contributed by atoms with Crippen molar-refractivity contribution in [2.24, 2.45) is 0 Å². The first kappa shape index (κ1) is 18.9. The molecule has 0 bridgehead atoms. The van der Waals surface area contributed by atoms with Crippen molar-refractivity contribution in [3.63, 3.8) is 0 Å². The molecule has 0 aliphatic rings. The molecular formula is C20H17ClN2O3S. The van der Waals surface area contributed by atoms with E-state index in [1.807, 2.05) is 5.38 Å². The number of carbonyl (C=O) groups is 2. The van der Waals surface area contributed by atoms with Crippen molar-refractivity contribution in [3.05, 3.63) is 81.5 Å². The molecule has 7 heteroatoms. The van der Waals surface area contributed by atoms with Crippen molar-refractivity contribution in [3.8, 4) is 5.75 Å². The van der Waals surface area contributed by atoms with Gasteiger partial charge in [-0.1, -0.05) is 23.7 Å². The minimum Gasteiger partial charge on any atom is -0.492 e. The number of carbonyl (C=O) groups excluding carboxylic acids is 2. The van der Waals surface area contributed by atoms with Gasteiger partial charge in [0.15, 0.2) is 0 Å². The van der Waals surface area contributed by atoms with Gasteiger partial charge < -0.3 is 15.4 Å². The number of halogens is 1. The second kappa shape index (κ2) is 9.21. The number of para-hydroxylation sites is 1. The molecule has 2 aromatic carbocycles. The van der Waals surface area contributed by atoms with E-state index < -0.39 is 0 Å². The van der Waals surface area contributed by atoms with Crippen molar-refractivity contribution in [2.75, 3.05) is 18.5 Å². The largest absolute Gasteiger partial charge is 0.492 e. The summed E-state index contributed by atoms with van der Waals surface area (Å²) in [7, 11) is 0. The highest BCUT2D eigenvalue weighted by atomic mass is 35.5. The van der Waals surface area contributed by atoms with Gasteiger partial charge in [0.1, 0.15) is 12.4 Å². The number of nitrogens with one attached hydrogen (secondary N) is 2. The first-order valence-corrected chi connectivity index (χ1v) is 9.55. The zero-order chi connectivity index (χ0) is 19.1. The monoisotopic (exact) mass is 400 g/mol. The van der Waals surface area contributed by atoms with E-state index >= 15 is 0 Å². The molecule has 0 saturated carbocycles. The molecule has 0 aliphatic carbocycles. The number of benzene rings is 2. The van der Waals surface area contributed by atoms with Gasteiger partial charge in [-0.3, -0.25) is 9.59 Å².